The summed E-state index contributed by atoms with van der Waals surface area (Å²) >= 11 is 1.63. The van der Waals surface area contributed by atoms with Crippen molar-refractivity contribution in [2.75, 3.05) is 24.7 Å². The molecule has 15 heavy (non-hydrogen) atoms. The first-order valence-corrected chi connectivity index (χ1v) is 6.39. The van der Waals surface area contributed by atoms with Gasteiger partial charge in [0, 0.05) is 23.8 Å². The van der Waals surface area contributed by atoms with Gasteiger partial charge in [-0.25, -0.2) is 9.97 Å². The van der Waals surface area contributed by atoms with Crippen molar-refractivity contribution >= 4 is 17.7 Å². The van der Waals surface area contributed by atoms with Crippen LogP contribution in [-0.4, -0.2) is 29.3 Å². The number of hydrogen-bond donors (Lipinski definition) is 2. The Kier molecular flexibility index (Phi) is 9.21. The number of rotatable bonds is 5. The minimum atomic E-state index is 0.672. The lowest BCUT2D eigenvalue weighted by molar-refractivity contribution is 0.862. The van der Waals surface area contributed by atoms with Crippen molar-refractivity contribution in [2.45, 2.75) is 25.2 Å². The van der Waals surface area contributed by atoms with Gasteiger partial charge in [0.1, 0.15) is 0 Å². The summed E-state index contributed by atoms with van der Waals surface area (Å²) in [4.78, 5) is 9.35. The molecule has 1 heterocycles. The van der Waals surface area contributed by atoms with E-state index in [9.17, 15) is 0 Å². The molecular formula is C10H20N4S. The quantitative estimate of drug-likeness (QED) is 0.596. The summed E-state index contributed by atoms with van der Waals surface area (Å²) in [5.74, 6) is 0.672. The average Bonchev–Trinajstić information content (AvgIpc) is 2.33. The molecule has 0 aliphatic carbocycles. The summed E-state index contributed by atoms with van der Waals surface area (Å²) < 4.78 is 0. The standard InChI is InChI=1S/C8H14N4S.C2H6/c1-13-7-5-11-8(12-6-7)10-4-2-3-9;1-2/h5-6H,2-4,9H2,1H3,(H,10,11,12);1-2H3. The van der Waals surface area contributed by atoms with Crippen LogP contribution < -0.4 is 11.1 Å². The maximum absolute atomic E-state index is 5.35. The van der Waals surface area contributed by atoms with Crippen LogP contribution in [0.2, 0.25) is 0 Å². The van der Waals surface area contributed by atoms with Crippen LogP contribution >= 0.6 is 11.8 Å². The van der Waals surface area contributed by atoms with Crippen LogP contribution in [0.4, 0.5) is 5.95 Å². The van der Waals surface area contributed by atoms with Crippen LogP contribution in [0.1, 0.15) is 20.3 Å². The van der Waals surface area contributed by atoms with Gasteiger partial charge in [-0.2, -0.15) is 0 Å². The Morgan fingerprint density at radius 1 is 1.33 bits per heavy atom. The fourth-order valence-electron chi connectivity index (χ4n) is 0.815. The van der Waals surface area contributed by atoms with E-state index < -0.39 is 0 Å². The lowest BCUT2D eigenvalue weighted by atomic mass is 10.4. The highest BCUT2D eigenvalue weighted by Gasteiger charge is 1.94. The van der Waals surface area contributed by atoms with Gasteiger partial charge >= 0.3 is 0 Å². The van der Waals surface area contributed by atoms with Crippen LogP contribution in [0.25, 0.3) is 0 Å². The first kappa shape index (κ1) is 14.2. The predicted molar refractivity (Wildman–Crippen MR) is 67.3 cm³/mol. The molecule has 0 unspecified atom stereocenters. The molecule has 0 amide bonds. The van der Waals surface area contributed by atoms with Gasteiger partial charge in [-0.05, 0) is 19.2 Å². The summed E-state index contributed by atoms with van der Waals surface area (Å²) in [7, 11) is 0. The van der Waals surface area contributed by atoms with Crippen LogP contribution in [0.5, 0.6) is 0 Å². The molecule has 0 radical (unpaired) electrons. The predicted octanol–water partition coefficient (Wildman–Crippen LogP) is 1.99. The summed E-state index contributed by atoms with van der Waals surface area (Å²) in [5.41, 5.74) is 5.35. The number of thioether (sulfide) groups is 1. The first-order chi connectivity index (χ1) is 7.36. The monoisotopic (exact) mass is 228 g/mol. The molecular weight excluding hydrogens is 208 g/mol. The van der Waals surface area contributed by atoms with Gasteiger partial charge in [-0.15, -0.1) is 11.8 Å². The number of nitrogens with zero attached hydrogens (tertiary/aromatic N) is 2. The molecule has 0 saturated heterocycles. The van der Waals surface area contributed by atoms with Crippen molar-refractivity contribution in [3.8, 4) is 0 Å². The fourth-order valence-corrected chi connectivity index (χ4v) is 1.13. The minimum absolute atomic E-state index is 0.672. The Morgan fingerprint density at radius 2 is 1.93 bits per heavy atom. The second-order valence-electron chi connectivity index (χ2n) is 2.52. The lowest BCUT2D eigenvalue weighted by Gasteiger charge is -2.02. The molecule has 4 nitrogen and oxygen atoms in total. The molecule has 1 aromatic heterocycles. The van der Waals surface area contributed by atoms with Crippen LogP contribution in [0, 0.1) is 0 Å². The zero-order valence-corrected chi connectivity index (χ0v) is 10.5. The summed E-state index contributed by atoms with van der Waals surface area (Å²) in [6, 6.07) is 0. The van der Waals surface area contributed by atoms with E-state index in [0.29, 0.717) is 12.5 Å². The zero-order valence-electron chi connectivity index (χ0n) is 9.66. The molecule has 0 spiro atoms. The highest BCUT2D eigenvalue weighted by atomic mass is 32.2. The second-order valence-corrected chi connectivity index (χ2v) is 3.40. The molecule has 5 heteroatoms. The number of nitrogens with two attached hydrogens (primary N) is 1. The van der Waals surface area contributed by atoms with Crippen LogP contribution in [-0.2, 0) is 0 Å². The third-order valence-corrected chi connectivity index (χ3v) is 2.21. The second kappa shape index (κ2) is 9.73. The molecule has 0 aliphatic rings. The van der Waals surface area contributed by atoms with Crippen molar-refractivity contribution < 1.29 is 0 Å². The molecule has 0 fully saturated rings. The van der Waals surface area contributed by atoms with Crippen molar-refractivity contribution in [1.82, 2.24) is 9.97 Å². The van der Waals surface area contributed by atoms with Gasteiger partial charge in [0.2, 0.25) is 5.95 Å². The van der Waals surface area contributed by atoms with Gasteiger partial charge in [0.15, 0.2) is 0 Å². The Bertz CT molecular complexity index is 238. The Hall–Kier alpha value is -0.810. The molecule has 86 valence electrons. The lowest BCUT2D eigenvalue weighted by Crippen LogP contribution is -2.10. The maximum Gasteiger partial charge on any atom is 0.222 e. The van der Waals surface area contributed by atoms with Crippen molar-refractivity contribution in [3.05, 3.63) is 12.4 Å². The third kappa shape index (κ3) is 6.30. The third-order valence-electron chi connectivity index (χ3n) is 1.53. The molecule has 3 N–H and O–H groups in total. The SMILES string of the molecule is CC.CSc1cnc(NCCCN)nc1. The van der Waals surface area contributed by atoms with Gasteiger partial charge < -0.3 is 11.1 Å². The number of hydrogen-bond acceptors (Lipinski definition) is 5. The van der Waals surface area contributed by atoms with E-state index >= 15 is 0 Å². The molecule has 0 saturated carbocycles. The van der Waals surface area contributed by atoms with E-state index in [1.54, 1.807) is 11.8 Å². The van der Waals surface area contributed by atoms with Crippen LogP contribution in [0.3, 0.4) is 0 Å². The molecule has 1 rings (SSSR count). The number of aromatic nitrogens is 2. The largest absolute Gasteiger partial charge is 0.354 e. The topological polar surface area (TPSA) is 63.8 Å². The molecule has 1 aromatic rings. The molecule has 0 aromatic carbocycles. The summed E-state index contributed by atoms with van der Waals surface area (Å²) in [6.45, 7) is 5.52. The smallest absolute Gasteiger partial charge is 0.222 e. The number of nitrogens with one attached hydrogen (secondary N) is 1. The maximum atomic E-state index is 5.35. The zero-order chi connectivity index (χ0) is 11.5. The highest BCUT2D eigenvalue weighted by Crippen LogP contribution is 2.11. The summed E-state index contributed by atoms with van der Waals surface area (Å²) in [6.07, 6.45) is 6.55. The van der Waals surface area contributed by atoms with Crippen LogP contribution in [0.15, 0.2) is 17.3 Å². The Balaban J connectivity index is 0.000000921. The first-order valence-electron chi connectivity index (χ1n) is 5.17. The fraction of sp³-hybridized carbons (Fsp3) is 0.600. The van der Waals surface area contributed by atoms with Crippen molar-refractivity contribution in [2.24, 2.45) is 5.73 Å². The van der Waals surface area contributed by atoms with Gasteiger partial charge in [-0.1, -0.05) is 13.8 Å². The van der Waals surface area contributed by atoms with E-state index in [-0.39, 0.29) is 0 Å². The highest BCUT2D eigenvalue weighted by molar-refractivity contribution is 7.98. The molecule has 0 aliphatic heterocycles. The van der Waals surface area contributed by atoms with Gasteiger partial charge in [0.25, 0.3) is 0 Å². The van der Waals surface area contributed by atoms with E-state index in [1.807, 2.05) is 32.5 Å². The van der Waals surface area contributed by atoms with Gasteiger partial charge in [0.05, 0.1) is 0 Å². The molecule has 0 atom stereocenters. The van der Waals surface area contributed by atoms with E-state index in [2.05, 4.69) is 15.3 Å². The summed E-state index contributed by atoms with van der Waals surface area (Å²) in [5, 5.41) is 3.09. The molecule has 0 bridgehead atoms. The average molecular weight is 228 g/mol. The van der Waals surface area contributed by atoms with E-state index in [4.69, 9.17) is 5.73 Å². The van der Waals surface area contributed by atoms with E-state index in [1.165, 1.54) is 0 Å². The Morgan fingerprint density at radius 3 is 2.40 bits per heavy atom. The minimum Gasteiger partial charge on any atom is -0.354 e. The van der Waals surface area contributed by atoms with Crippen molar-refractivity contribution in [3.63, 3.8) is 0 Å². The van der Waals surface area contributed by atoms with Gasteiger partial charge in [-0.3, -0.25) is 0 Å². The normalized spacial score (nSPS) is 9.07. The number of anilines is 1. The van der Waals surface area contributed by atoms with Crippen molar-refractivity contribution in [1.29, 1.82) is 0 Å². The van der Waals surface area contributed by atoms with E-state index in [0.717, 1.165) is 17.9 Å². The Labute approximate surface area is 96.1 Å².